The van der Waals surface area contributed by atoms with Gasteiger partial charge in [0, 0.05) is 37.4 Å². The van der Waals surface area contributed by atoms with Crippen molar-refractivity contribution in [3.8, 4) is 0 Å². The maximum Gasteiger partial charge on any atom is 0.234 e. The van der Waals surface area contributed by atoms with Crippen LogP contribution in [0.25, 0.3) is 0 Å². The number of pyridine rings is 1. The van der Waals surface area contributed by atoms with Gasteiger partial charge in [0.1, 0.15) is 5.82 Å². The second kappa shape index (κ2) is 6.67. The van der Waals surface area contributed by atoms with E-state index in [1.807, 2.05) is 12.1 Å². The van der Waals surface area contributed by atoms with Crippen LogP contribution < -0.4 is 11.1 Å². The lowest BCUT2D eigenvalue weighted by Crippen LogP contribution is -2.38. The molecule has 1 fully saturated rings. The number of nitrogens with zero attached hydrogens (tertiary/aromatic N) is 3. The Hall–Kier alpha value is -1.66. The van der Waals surface area contributed by atoms with Crippen molar-refractivity contribution in [2.45, 2.75) is 19.0 Å². The fraction of sp³-hybridized carbons (Fsp3) is 0.571. The third-order valence-corrected chi connectivity index (χ3v) is 3.75. The number of carbonyl (C=O) groups excluding carboxylic acids is 1. The summed E-state index contributed by atoms with van der Waals surface area (Å²) >= 11 is 0. The van der Waals surface area contributed by atoms with Crippen molar-refractivity contribution in [3.05, 3.63) is 23.9 Å². The summed E-state index contributed by atoms with van der Waals surface area (Å²) in [7, 11) is 4.17. The Morgan fingerprint density at radius 1 is 1.60 bits per heavy atom. The predicted octanol–water partition coefficient (Wildman–Crippen LogP) is -0.0841. The summed E-state index contributed by atoms with van der Waals surface area (Å²) in [4.78, 5) is 20.3. The van der Waals surface area contributed by atoms with Crippen LogP contribution in [-0.2, 0) is 11.3 Å². The number of rotatable bonds is 5. The van der Waals surface area contributed by atoms with E-state index in [4.69, 9.17) is 5.73 Å². The van der Waals surface area contributed by atoms with Crippen molar-refractivity contribution in [1.82, 2.24) is 20.1 Å². The minimum absolute atomic E-state index is 0.0349. The SMILES string of the molecule is CN(C)[C@@H]1CCN(CC(=O)NCc2cccnc2N)C1. The first-order valence-electron chi connectivity index (χ1n) is 6.91. The predicted molar refractivity (Wildman–Crippen MR) is 79.0 cm³/mol. The Bertz CT molecular complexity index is 463. The summed E-state index contributed by atoms with van der Waals surface area (Å²) in [6, 6.07) is 4.25. The molecule has 0 radical (unpaired) electrons. The van der Waals surface area contributed by atoms with Gasteiger partial charge >= 0.3 is 0 Å². The molecule has 3 N–H and O–H groups in total. The molecule has 2 heterocycles. The van der Waals surface area contributed by atoms with Gasteiger partial charge in [-0.1, -0.05) is 6.07 Å². The number of nitrogens with two attached hydrogens (primary N) is 1. The first-order valence-corrected chi connectivity index (χ1v) is 6.91. The highest BCUT2D eigenvalue weighted by Crippen LogP contribution is 2.12. The van der Waals surface area contributed by atoms with Crippen LogP contribution in [-0.4, -0.2) is 60.5 Å². The lowest BCUT2D eigenvalue weighted by atomic mass is 10.2. The summed E-state index contributed by atoms with van der Waals surface area (Å²) in [5, 5.41) is 2.90. The third-order valence-electron chi connectivity index (χ3n) is 3.75. The molecular weight excluding hydrogens is 254 g/mol. The molecule has 20 heavy (non-hydrogen) atoms. The molecule has 1 aromatic heterocycles. The van der Waals surface area contributed by atoms with E-state index < -0.39 is 0 Å². The van der Waals surface area contributed by atoms with Crippen LogP contribution >= 0.6 is 0 Å². The largest absolute Gasteiger partial charge is 0.383 e. The van der Waals surface area contributed by atoms with Crippen molar-refractivity contribution >= 4 is 11.7 Å². The number of hydrogen-bond acceptors (Lipinski definition) is 5. The summed E-state index contributed by atoms with van der Waals surface area (Å²) < 4.78 is 0. The second-order valence-corrected chi connectivity index (χ2v) is 5.47. The fourth-order valence-electron chi connectivity index (χ4n) is 2.43. The fourth-order valence-corrected chi connectivity index (χ4v) is 2.43. The highest BCUT2D eigenvalue weighted by Gasteiger charge is 2.25. The van der Waals surface area contributed by atoms with Gasteiger partial charge in [0.2, 0.25) is 5.91 Å². The van der Waals surface area contributed by atoms with Crippen LogP contribution in [0.4, 0.5) is 5.82 Å². The summed E-state index contributed by atoms with van der Waals surface area (Å²) in [6.45, 7) is 2.81. The molecule has 1 saturated heterocycles. The van der Waals surface area contributed by atoms with Gasteiger partial charge in [0.25, 0.3) is 0 Å². The van der Waals surface area contributed by atoms with Gasteiger partial charge in [-0.15, -0.1) is 0 Å². The zero-order valence-corrected chi connectivity index (χ0v) is 12.2. The lowest BCUT2D eigenvalue weighted by Gasteiger charge is -2.20. The maximum absolute atomic E-state index is 11.9. The van der Waals surface area contributed by atoms with Crippen LogP contribution in [0.15, 0.2) is 18.3 Å². The Kier molecular flexibility index (Phi) is 4.92. The van der Waals surface area contributed by atoms with Crippen LogP contribution in [0, 0.1) is 0 Å². The van der Waals surface area contributed by atoms with Crippen LogP contribution in [0.3, 0.4) is 0 Å². The number of anilines is 1. The highest BCUT2D eigenvalue weighted by molar-refractivity contribution is 5.78. The first-order chi connectivity index (χ1) is 9.56. The van der Waals surface area contributed by atoms with E-state index in [1.165, 1.54) is 0 Å². The minimum Gasteiger partial charge on any atom is -0.383 e. The Morgan fingerprint density at radius 3 is 3.05 bits per heavy atom. The zero-order valence-electron chi connectivity index (χ0n) is 12.2. The average molecular weight is 277 g/mol. The zero-order chi connectivity index (χ0) is 14.5. The second-order valence-electron chi connectivity index (χ2n) is 5.47. The molecular formula is C14H23N5O. The number of nitrogens with one attached hydrogen (secondary N) is 1. The van der Waals surface area contributed by atoms with E-state index in [0.29, 0.717) is 24.9 Å². The van der Waals surface area contributed by atoms with Gasteiger partial charge in [-0.3, -0.25) is 9.69 Å². The van der Waals surface area contributed by atoms with Crippen molar-refractivity contribution < 1.29 is 4.79 Å². The molecule has 0 saturated carbocycles. The normalized spacial score (nSPS) is 19.4. The molecule has 0 aliphatic carbocycles. The number of likely N-dealkylation sites (N-methyl/N-ethyl adjacent to an activating group) is 1. The van der Waals surface area contributed by atoms with E-state index in [-0.39, 0.29) is 5.91 Å². The molecule has 6 heteroatoms. The van der Waals surface area contributed by atoms with Gasteiger partial charge in [-0.05, 0) is 26.6 Å². The van der Waals surface area contributed by atoms with E-state index >= 15 is 0 Å². The lowest BCUT2D eigenvalue weighted by molar-refractivity contribution is -0.122. The quantitative estimate of drug-likeness (QED) is 0.787. The smallest absolute Gasteiger partial charge is 0.234 e. The molecule has 6 nitrogen and oxygen atoms in total. The van der Waals surface area contributed by atoms with Crippen LogP contribution in [0.1, 0.15) is 12.0 Å². The standard InChI is InChI=1S/C14H23N5O/c1-18(2)12-5-7-19(9-12)10-13(20)17-8-11-4-3-6-16-14(11)15/h3-4,6,12H,5,7-10H2,1-2H3,(H2,15,16)(H,17,20)/t12-/m1/s1. The van der Waals surface area contributed by atoms with Gasteiger partial charge < -0.3 is 16.0 Å². The topological polar surface area (TPSA) is 74.5 Å². The van der Waals surface area contributed by atoms with Gasteiger partial charge in [-0.2, -0.15) is 0 Å². The minimum atomic E-state index is 0.0349. The monoisotopic (exact) mass is 277 g/mol. The van der Waals surface area contributed by atoms with Gasteiger partial charge in [0.05, 0.1) is 6.54 Å². The van der Waals surface area contributed by atoms with E-state index in [1.54, 1.807) is 6.20 Å². The molecule has 0 aromatic carbocycles. The number of nitrogen functional groups attached to an aromatic ring is 1. The number of amides is 1. The van der Waals surface area contributed by atoms with Gasteiger partial charge in [0.15, 0.2) is 0 Å². The van der Waals surface area contributed by atoms with Crippen molar-refractivity contribution in [3.63, 3.8) is 0 Å². The molecule has 1 aromatic rings. The Balaban J connectivity index is 1.75. The number of carbonyl (C=O) groups is 1. The van der Waals surface area contributed by atoms with Crippen LogP contribution in [0.5, 0.6) is 0 Å². The summed E-state index contributed by atoms with van der Waals surface area (Å²) in [5.74, 6) is 0.509. The van der Waals surface area contributed by atoms with E-state index in [2.05, 4.69) is 34.2 Å². The first kappa shape index (κ1) is 14.7. The number of hydrogen-bond donors (Lipinski definition) is 2. The van der Waals surface area contributed by atoms with Crippen LogP contribution in [0.2, 0.25) is 0 Å². The third kappa shape index (κ3) is 3.91. The summed E-state index contributed by atoms with van der Waals surface area (Å²) in [6.07, 6.45) is 2.77. The Morgan fingerprint density at radius 2 is 2.40 bits per heavy atom. The molecule has 1 aliphatic heterocycles. The van der Waals surface area contributed by atoms with E-state index in [0.717, 1.165) is 25.1 Å². The van der Waals surface area contributed by atoms with Crippen molar-refractivity contribution in [1.29, 1.82) is 0 Å². The molecule has 1 atom stereocenters. The van der Waals surface area contributed by atoms with E-state index in [9.17, 15) is 4.79 Å². The summed E-state index contributed by atoms with van der Waals surface area (Å²) in [5.41, 5.74) is 6.60. The molecule has 0 spiro atoms. The highest BCUT2D eigenvalue weighted by atomic mass is 16.2. The molecule has 110 valence electrons. The van der Waals surface area contributed by atoms with Gasteiger partial charge in [-0.25, -0.2) is 4.98 Å². The molecule has 1 amide bonds. The molecule has 0 bridgehead atoms. The number of likely N-dealkylation sites (tertiary alicyclic amines) is 1. The van der Waals surface area contributed by atoms with Crippen molar-refractivity contribution in [2.75, 3.05) is 39.5 Å². The molecule has 2 rings (SSSR count). The molecule has 1 aliphatic rings. The van der Waals surface area contributed by atoms with Crippen molar-refractivity contribution in [2.24, 2.45) is 0 Å². The molecule has 0 unspecified atom stereocenters. The average Bonchev–Trinajstić information content (AvgIpc) is 2.86. The Labute approximate surface area is 120 Å². The number of aromatic nitrogens is 1. The maximum atomic E-state index is 11.9.